The Bertz CT molecular complexity index is 442. The van der Waals surface area contributed by atoms with E-state index >= 15 is 0 Å². The van der Waals surface area contributed by atoms with E-state index in [0.717, 1.165) is 22.5 Å². The summed E-state index contributed by atoms with van der Waals surface area (Å²) in [6, 6.07) is 0. The monoisotopic (exact) mass is 207 g/mol. The molecule has 0 N–H and O–H groups in total. The summed E-state index contributed by atoms with van der Waals surface area (Å²) >= 11 is 1.43. The lowest BCUT2D eigenvalue weighted by molar-refractivity contribution is 0.409. The highest BCUT2D eigenvalue weighted by Gasteiger charge is 2.16. The summed E-state index contributed by atoms with van der Waals surface area (Å²) in [6.45, 7) is 6.61. The lowest BCUT2D eigenvalue weighted by Gasteiger charge is -2.15. The molecule has 0 saturated heterocycles. The molecular formula is C10H13N3S. The fourth-order valence-electron chi connectivity index (χ4n) is 1.35. The van der Waals surface area contributed by atoms with Crippen molar-refractivity contribution in [1.82, 2.24) is 14.3 Å². The Balaban J connectivity index is 2.44. The molecule has 2 rings (SSSR count). The average Bonchev–Trinajstić information content (AvgIpc) is 2.47. The Hall–Kier alpha value is -1.03. The largest absolute Gasteiger partial charge is 0.250 e. The first-order chi connectivity index (χ1) is 6.56. The van der Waals surface area contributed by atoms with Gasteiger partial charge < -0.3 is 0 Å². The van der Waals surface area contributed by atoms with Gasteiger partial charge in [-0.05, 0) is 23.4 Å². The molecule has 0 aliphatic carbocycles. The Morgan fingerprint density at radius 3 is 2.64 bits per heavy atom. The lowest BCUT2D eigenvalue weighted by Crippen LogP contribution is -2.09. The van der Waals surface area contributed by atoms with Gasteiger partial charge in [0.1, 0.15) is 5.52 Å². The molecule has 0 atom stereocenters. The van der Waals surface area contributed by atoms with E-state index in [-0.39, 0.29) is 5.41 Å². The van der Waals surface area contributed by atoms with Crippen LogP contribution in [-0.2, 0) is 6.42 Å². The summed E-state index contributed by atoms with van der Waals surface area (Å²) in [5, 5.41) is 0. The molecule has 2 aromatic rings. The maximum atomic E-state index is 4.40. The minimum absolute atomic E-state index is 0.249. The van der Waals surface area contributed by atoms with E-state index in [1.165, 1.54) is 11.5 Å². The van der Waals surface area contributed by atoms with E-state index in [9.17, 15) is 0 Å². The molecule has 2 aromatic heterocycles. The maximum absolute atomic E-state index is 4.40. The lowest BCUT2D eigenvalue weighted by atomic mass is 9.90. The Morgan fingerprint density at radius 2 is 1.93 bits per heavy atom. The van der Waals surface area contributed by atoms with Gasteiger partial charge in [0.25, 0.3) is 0 Å². The number of aromatic nitrogens is 3. The standard InChI is InChI=1S/C10H13N3S/c1-10(2,3)6-7-8-9(14-13-7)12-5-4-11-8/h4-5H,6H2,1-3H3. The molecule has 0 aliphatic rings. The second kappa shape index (κ2) is 3.28. The van der Waals surface area contributed by atoms with Crippen LogP contribution in [0.4, 0.5) is 0 Å². The van der Waals surface area contributed by atoms with Crippen LogP contribution in [0.5, 0.6) is 0 Å². The van der Waals surface area contributed by atoms with Crippen LogP contribution in [0.15, 0.2) is 12.4 Å². The number of hydrogen-bond acceptors (Lipinski definition) is 4. The minimum Gasteiger partial charge on any atom is -0.250 e. The van der Waals surface area contributed by atoms with Crippen molar-refractivity contribution in [2.24, 2.45) is 5.41 Å². The zero-order valence-electron chi connectivity index (χ0n) is 8.61. The summed E-state index contributed by atoms with van der Waals surface area (Å²) in [5.41, 5.74) is 2.29. The Labute approximate surface area is 87.4 Å². The third kappa shape index (κ3) is 1.90. The highest BCUT2D eigenvalue weighted by molar-refractivity contribution is 7.12. The van der Waals surface area contributed by atoms with Gasteiger partial charge >= 0.3 is 0 Å². The van der Waals surface area contributed by atoms with Crippen LogP contribution in [0, 0.1) is 5.41 Å². The molecular weight excluding hydrogens is 194 g/mol. The molecule has 0 spiro atoms. The van der Waals surface area contributed by atoms with Crippen molar-refractivity contribution in [2.45, 2.75) is 27.2 Å². The first-order valence-electron chi connectivity index (χ1n) is 4.61. The van der Waals surface area contributed by atoms with Gasteiger partial charge in [0.2, 0.25) is 0 Å². The van der Waals surface area contributed by atoms with Gasteiger partial charge in [-0.1, -0.05) is 20.8 Å². The van der Waals surface area contributed by atoms with Crippen LogP contribution < -0.4 is 0 Å². The van der Waals surface area contributed by atoms with Crippen molar-refractivity contribution < 1.29 is 0 Å². The quantitative estimate of drug-likeness (QED) is 0.721. The highest BCUT2D eigenvalue weighted by Crippen LogP contribution is 2.25. The fourth-order valence-corrected chi connectivity index (χ4v) is 2.06. The average molecular weight is 207 g/mol. The fraction of sp³-hybridized carbons (Fsp3) is 0.500. The van der Waals surface area contributed by atoms with Crippen molar-refractivity contribution in [3.63, 3.8) is 0 Å². The highest BCUT2D eigenvalue weighted by atomic mass is 32.1. The topological polar surface area (TPSA) is 38.7 Å². The predicted molar refractivity (Wildman–Crippen MR) is 58.4 cm³/mol. The van der Waals surface area contributed by atoms with Gasteiger partial charge in [-0.3, -0.25) is 4.98 Å². The van der Waals surface area contributed by atoms with Gasteiger partial charge in [-0.2, -0.15) is 4.37 Å². The molecule has 0 unspecified atom stereocenters. The van der Waals surface area contributed by atoms with Crippen LogP contribution >= 0.6 is 11.5 Å². The molecule has 0 aromatic carbocycles. The molecule has 14 heavy (non-hydrogen) atoms. The third-order valence-corrected chi connectivity index (χ3v) is 2.66. The van der Waals surface area contributed by atoms with Gasteiger partial charge in [0, 0.05) is 12.4 Å². The van der Waals surface area contributed by atoms with E-state index in [4.69, 9.17) is 0 Å². The third-order valence-electron chi connectivity index (χ3n) is 1.88. The molecule has 0 fully saturated rings. The number of hydrogen-bond donors (Lipinski definition) is 0. The van der Waals surface area contributed by atoms with Crippen molar-refractivity contribution in [3.8, 4) is 0 Å². The molecule has 0 radical (unpaired) electrons. The van der Waals surface area contributed by atoms with Gasteiger partial charge in [-0.25, -0.2) is 4.98 Å². The van der Waals surface area contributed by atoms with E-state index in [0.29, 0.717) is 0 Å². The van der Waals surface area contributed by atoms with Crippen LogP contribution in [0.1, 0.15) is 26.5 Å². The smallest absolute Gasteiger partial charge is 0.162 e. The Morgan fingerprint density at radius 1 is 1.21 bits per heavy atom. The van der Waals surface area contributed by atoms with Crippen LogP contribution in [0.3, 0.4) is 0 Å². The first kappa shape index (κ1) is 9.52. The van der Waals surface area contributed by atoms with E-state index < -0.39 is 0 Å². The molecule has 2 heterocycles. The zero-order chi connectivity index (χ0) is 10.2. The maximum Gasteiger partial charge on any atom is 0.162 e. The molecule has 74 valence electrons. The summed E-state index contributed by atoms with van der Waals surface area (Å²) in [5.74, 6) is 0. The van der Waals surface area contributed by atoms with E-state index in [1.54, 1.807) is 12.4 Å². The van der Waals surface area contributed by atoms with Gasteiger partial charge in [-0.15, -0.1) is 0 Å². The van der Waals surface area contributed by atoms with Gasteiger partial charge in [0.05, 0.1) is 5.69 Å². The molecule has 4 heteroatoms. The zero-order valence-corrected chi connectivity index (χ0v) is 9.43. The second-order valence-electron chi connectivity index (χ2n) is 4.58. The van der Waals surface area contributed by atoms with Crippen LogP contribution in [0.25, 0.3) is 10.3 Å². The summed E-state index contributed by atoms with van der Waals surface area (Å²) in [7, 11) is 0. The molecule has 0 amide bonds. The molecule has 0 aliphatic heterocycles. The number of fused-ring (bicyclic) bond motifs is 1. The van der Waals surface area contributed by atoms with Crippen LogP contribution in [-0.4, -0.2) is 14.3 Å². The molecule has 0 bridgehead atoms. The summed E-state index contributed by atoms with van der Waals surface area (Å²) < 4.78 is 4.40. The van der Waals surface area contributed by atoms with Crippen molar-refractivity contribution in [3.05, 3.63) is 18.1 Å². The number of rotatable bonds is 1. The summed E-state index contributed by atoms with van der Waals surface area (Å²) in [4.78, 5) is 9.47. The normalized spacial score (nSPS) is 12.2. The van der Waals surface area contributed by atoms with Crippen LogP contribution in [0.2, 0.25) is 0 Å². The summed E-state index contributed by atoms with van der Waals surface area (Å²) in [6.07, 6.45) is 4.38. The van der Waals surface area contributed by atoms with Gasteiger partial charge in [0.15, 0.2) is 4.83 Å². The molecule has 3 nitrogen and oxygen atoms in total. The van der Waals surface area contributed by atoms with Crippen molar-refractivity contribution in [1.29, 1.82) is 0 Å². The van der Waals surface area contributed by atoms with Crippen molar-refractivity contribution >= 4 is 21.9 Å². The Kier molecular flexibility index (Phi) is 2.23. The second-order valence-corrected chi connectivity index (χ2v) is 5.33. The molecule has 0 saturated carbocycles. The van der Waals surface area contributed by atoms with Crippen molar-refractivity contribution in [2.75, 3.05) is 0 Å². The first-order valence-corrected chi connectivity index (χ1v) is 5.39. The number of nitrogens with zero attached hydrogens (tertiary/aromatic N) is 3. The van der Waals surface area contributed by atoms with E-state index in [1.807, 2.05) is 0 Å². The SMILES string of the molecule is CC(C)(C)Cc1nsc2nccnc12. The minimum atomic E-state index is 0.249. The van der Waals surface area contributed by atoms with E-state index in [2.05, 4.69) is 35.1 Å². The predicted octanol–water partition coefficient (Wildman–Crippen LogP) is 2.67.